The highest BCUT2D eigenvalue weighted by Crippen LogP contribution is 2.13. The van der Waals surface area contributed by atoms with Crippen molar-refractivity contribution in [3.8, 4) is 0 Å². The first kappa shape index (κ1) is 13.7. The highest BCUT2D eigenvalue weighted by molar-refractivity contribution is 7.91. The first-order chi connectivity index (χ1) is 7.77. The Bertz CT molecular complexity index is 518. The van der Waals surface area contributed by atoms with E-state index in [0.717, 1.165) is 5.69 Å². The summed E-state index contributed by atoms with van der Waals surface area (Å²) in [4.78, 5) is 10.7. The van der Waals surface area contributed by atoms with E-state index in [9.17, 15) is 13.2 Å². The molecule has 1 atom stereocenters. The summed E-state index contributed by atoms with van der Waals surface area (Å²) >= 11 is 0. The fourth-order valence-electron chi connectivity index (χ4n) is 1.47. The number of carboxylic acids is 1. The molecule has 1 aromatic rings. The molecule has 17 heavy (non-hydrogen) atoms. The lowest BCUT2D eigenvalue weighted by molar-refractivity contribution is -0.136. The van der Waals surface area contributed by atoms with Gasteiger partial charge in [-0.3, -0.25) is 9.48 Å². The Kier molecular flexibility index (Phi) is 3.92. The number of rotatable bonds is 5. The molecule has 0 radical (unpaired) electrons. The summed E-state index contributed by atoms with van der Waals surface area (Å²) in [7, 11) is -3.69. The van der Waals surface area contributed by atoms with Crippen molar-refractivity contribution >= 4 is 15.8 Å². The number of aryl methyl sites for hydroxylation is 2. The summed E-state index contributed by atoms with van der Waals surface area (Å²) < 4.78 is 25.2. The van der Waals surface area contributed by atoms with E-state index < -0.39 is 21.1 Å². The molecule has 1 rings (SSSR count). The minimum absolute atomic E-state index is 0.296. The maximum absolute atomic E-state index is 11.8. The average molecular weight is 260 g/mol. The molecule has 1 unspecified atom stereocenters. The van der Waals surface area contributed by atoms with Gasteiger partial charge in [0.05, 0.1) is 17.1 Å². The van der Waals surface area contributed by atoms with Crippen LogP contribution in [0.1, 0.15) is 25.2 Å². The van der Waals surface area contributed by atoms with Crippen LogP contribution in [0.5, 0.6) is 0 Å². The van der Waals surface area contributed by atoms with Crippen molar-refractivity contribution in [2.75, 3.05) is 0 Å². The standard InChI is InChI=1S/C10H16N2O4S/c1-4-12-9(5-7(2)11-12)6-17(15,16)8(3)10(13)14/h5,8H,4,6H2,1-3H3,(H,13,14). The van der Waals surface area contributed by atoms with Crippen LogP contribution in [-0.2, 0) is 26.9 Å². The molecule has 6 nitrogen and oxygen atoms in total. The number of aromatic nitrogens is 2. The molecule has 0 aliphatic rings. The molecule has 96 valence electrons. The Morgan fingerprint density at radius 3 is 2.65 bits per heavy atom. The van der Waals surface area contributed by atoms with Crippen molar-refractivity contribution < 1.29 is 18.3 Å². The molecule has 7 heteroatoms. The van der Waals surface area contributed by atoms with Gasteiger partial charge in [-0.25, -0.2) is 8.42 Å². The predicted molar refractivity (Wildman–Crippen MR) is 62.4 cm³/mol. The Hall–Kier alpha value is -1.37. The third-order valence-corrected chi connectivity index (χ3v) is 4.50. The molecule has 0 aromatic carbocycles. The Morgan fingerprint density at radius 1 is 1.59 bits per heavy atom. The van der Waals surface area contributed by atoms with Crippen molar-refractivity contribution in [3.05, 3.63) is 17.5 Å². The zero-order chi connectivity index (χ0) is 13.2. The topological polar surface area (TPSA) is 89.3 Å². The molecule has 0 fully saturated rings. The van der Waals surface area contributed by atoms with Crippen molar-refractivity contribution in [1.29, 1.82) is 0 Å². The number of hydrogen-bond acceptors (Lipinski definition) is 4. The van der Waals surface area contributed by atoms with Crippen LogP contribution in [0.15, 0.2) is 6.07 Å². The number of sulfone groups is 1. The van der Waals surface area contributed by atoms with Crippen LogP contribution in [-0.4, -0.2) is 34.5 Å². The molecular formula is C10H16N2O4S. The second kappa shape index (κ2) is 4.87. The van der Waals surface area contributed by atoms with E-state index in [-0.39, 0.29) is 5.75 Å². The first-order valence-corrected chi connectivity index (χ1v) is 6.97. The molecule has 0 saturated heterocycles. The third-order valence-electron chi connectivity index (χ3n) is 2.52. The number of carbonyl (C=O) groups is 1. The van der Waals surface area contributed by atoms with Crippen LogP contribution in [0.3, 0.4) is 0 Å². The van der Waals surface area contributed by atoms with Crippen LogP contribution in [0.2, 0.25) is 0 Å². The summed E-state index contributed by atoms with van der Waals surface area (Å²) in [5.41, 5.74) is 1.25. The fourth-order valence-corrected chi connectivity index (χ4v) is 2.68. The predicted octanol–water partition coefficient (Wildman–Crippen LogP) is 0.599. The van der Waals surface area contributed by atoms with Crippen molar-refractivity contribution in [2.45, 2.75) is 38.3 Å². The molecule has 0 saturated carbocycles. The SMILES string of the molecule is CCn1nc(C)cc1CS(=O)(=O)C(C)C(=O)O. The van der Waals surface area contributed by atoms with Crippen LogP contribution in [0.25, 0.3) is 0 Å². The summed E-state index contributed by atoms with van der Waals surface area (Å²) in [6.07, 6.45) is 0. The zero-order valence-corrected chi connectivity index (χ0v) is 10.9. The summed E-state index contributed by atoms with van der Waals surface area (Å²) in [5, 5.41) is 11.4. The van der Waals surface area contributed by atoms with E-state index in [1.165, 1.54) is 6.92 Å². The van der Waals surface area contributed by atoms with Gasteiger partial charge in [-0.15, -0.1) is 0 Å². The number of aliphatic carboxylic acids is 1. The van der Waals surface area contributed by atoms with Gasteiger partial charge in [0.15, 0.2) is 15.1 Å². The Balaban J connectivity index is 3.01. The van der Waals surface area contributed by atoms with Gasteiger partial charge in [-0.1, -0.05) is 0 Å². The van der Waals surface area contributed by atoms with E-state index in [4.69, 9.17) is 5.11 Å². The highest BCUT2D eigenvalue weighted by Gasteiger charge is 2.28. The van der Waals surface area contributed by atoms with E-state index in [0.29, 0.717) is 12.2 Å². The monoisotopic (exact) mass is 260 g/mol. The molecule has 1 heterocycles. The molecule has 0 amide bonds. The molecule has 0 spiro atoms. The summed E-state index contributed by atoms with van der Waals surface area (Å²) in [6, 6.07) is 1.66. The van der Waals surface area contributed by atoms with Crippen LogP contribution < -0.4 is 0 Å². The molecule has 1 N–H and O–H groups in total. The van der Waals surface area contributed by atoms with Gasteiger partial charge in [0.2, 0.25) is 0 Å². The van der Waals surface area contributed by atoms with E-state index >= 15 is 0 Å². The maximum Gasteiger partial charge on any atom is 0.321 e. The second-order valence-electron chi connectivity index (χ2n) is 3.88. The minimum atomic E-state index is -3.69. The average Bonchev–Trinajstić information content (AvgIpc) is 2.56. The van der Waals surface area contributed by atoms with E-state index in [1.807, 2.05) is 6.92 Å². The molecule has 0 bridgehead atoms. The van der Waals surface area contributed by atoms with Crippen LogP contribution in [0, 0.1) is 6.92 Å². The molecular weight excluding hydrogens is 244 g/mol. The van der Waals surface area contributed by atoms with Gasteiger partial charge in [0.1, 0.15) is 0 Å². The minimum Gasteiger partial charge on any atom is -0.480 e. The smallest absolute Gasteiger partial charge is 0.321 e. The van der Waals surface area contributed by atoms with Gasteiger partial charge in [-0.05, 0) is 26.8 Å². The van der Waals surface area contributed by atoms with Gasteiger partial charge in [0, 0.05) is 6.54 Å². The van der Waals surface area contributed by atoms with Gasteiger partial charge >= 0.3 is 5.97 Å². The van der Waals surface area contributed by atoms with Gasteiger partial charge < -0.3 is 5.11 Å². The lowest BCUT2D eigenvalue weighted by atomic mass is 10.4. The lowest BCUT2D eigenvalue weighted by Gasteiger charge is -2.09. The molecule has 0 aliphatic carbocycles. The van der Waals surface area contributed by atoms with E-state index in [1.54, 1.807) is 17.7 Å². The van der Waals surface area contributed by atoms with Crippen LogP contribution >= 0.6 is 0 Å². The van der Waals surface area contributed by atoms with Gasteiger partial charge in [0.25, 0.3) is 0 Å². The number of hydrogen-bond donors (Lipinski definition) is 1. The van der Waals surface area contributed by atoms with Crippen molar-refractivity contribution in [3.63, 3.8) is 0 Å². The highest BCUT2D eigenvalue weighted by atomic mass is 32.2. The quantitative estimate of drug-likeness (QED) is 0.837. The van der Waals surface area contributed by atoms with Crippen molar-refractivity contribution in [1.82, 2.24) is 9.78 Å². The Morgan fingerprint density at radius 2 is 2.18 bits per heavy atom. The normalized spacial score (nSPS) is 13.6. The van der Waals surface area contributed by atoms with Gasteiger partial charge in [-0.2, -0.15) is 5.10 Å². The summed E-state index contributed by atoms with van der Waals surface area (Å²) in [5.74, 6) is -1.63. The molecule has 1 aromatic heterocycles. The largest absolute Gasteiger partial charge is 0.480 e. The summed E-state index contributed by atoms with van der Waals surface area (Å²) in [6.45, 7) is 5.35. The maximum atomic E-state index is 11.8. The molecule has 0 aliphatic heterocycles. The lowest BCUT2D eigenvalue weighted by Crippen LogP contribution is -2.28. The fraction of sp³-hybridized carbons (Fsp3) is 0.600. The third kappa shape index (κ3) is 3.06. The van der Waals surface area contributed by atoms with Crippen LogP contribution in [0.4, 0.5) is 0 Å². The number of nitrogens with zero attached hydrogens (tertiary/aromatic N) is 2. The van der Waals surface area contributed by atoms with Crippen molar-refractivity contribution in [2.24, 2.45) is 0 Å². The first-order valence-electron chi connectivity index (χ1n) is 5.25. The second-order valence-corrected chi connectivity index (χ2v) is 6.20. The Labute approximate surface area is 100 Å². The number of carboxylic acid groups (broad SMARTS) is 1. The van der Waals surface area contributed by atoms with E-state index in [2.05, 4.69) is 5.10 Å². The zero-order valence-electron chi connectivity index (χ0n) is 10.0.